The first-order valence-corrected chi connectivity index (χ1v) is 10.2. The summed E-state index contributed by atoms with van der Waals surface area (Å²) in [4.78, 5) is 52.0. The van der Waals surface area contributed by atoms with E-state index in [1.54, 1.807) is 0 Å². The van der Waals surface area contributed by atoms with Crippen molar-refractivity contribution >= 4 is 23.3 Å². The maximum absolute atomic E-state index is 13.0. The number of pyridine rings is 1. The highest BCUT2D eigenvalue weighted by Crippen LogP contribution is 2.27. The summed E-state index contributed by atoms with van der Waals surface area (Å²) in [5, 5.41) is 14.7. The molecule has 0 radical (unpaired) electrons. The number of carbonyl (C=O) groups excluding carboxylic acids is 3. The second-order valence-electron chi connectivity index (χ2n) is 7.35. The number of piperidine rings is 1. The molecule has 0 saturated carbocycles. The Morgan fingerprint density at radius 1 is 1.16 bits per heavy atom. The Labute approximate surface area is 179 Å². The molecule has 2 aliphatic rings. The van der Waals surface area contributed by atoms with Crippen LogP contribution >= 0.6 is 0 Å². The molecule has 2 N–H and O–H groups in total. The van der Waals surface area contributed by atoms with Crippen molar-refractivity contribution in [3.63, 3.8) is 0 Å². The maximum Gasteiger partial charge on any atom is 0.305 e. The second-order valence-corrected chi connectivity index (χ2v) is 7.35. The lowest BCUT2D eigenvalue weighted by atomic mass is 9.97. The molecule has 1 aromatic heterocycles. The molecule has 0 atom stereocenters. The monoisotopic (exact) mass is 424 g/mol. The van der Waals surface area contributed by atoms with Gasteiger partial charge < -0.3 is 15.3 Å². The number of hydrogen-bond donors (Lipinski definition) is 2. The maximum atomic E-state index is 13.0. The first-order valence-electron chi connectivity index (χ1n) is 10.2. The number of hydrogen-bond acceptors (Lipinski definition) is 6. The van der Waals surface area contributed by atoms with E-state index in [9.17, 15) is 24.4 Å². The van der Waals surface area contributed by atoms with Crippen LogP contribution in [0.15, 0.2) is 47.3 Å². The summed E-state index contributed by atoms with van der Waals surface area (Å²) in [7, 11) is 0. The molecule has 3 rings (SSSR count). The molecular weight excluding hydrogens is 400 g/mol. The molecular formula is C22H24N4O5. The van der Waals surface area contributed by atoms with Crippen molar-refractivity contribution in [3.8, 4) is 5.75 Å². The van der Waals surface area contributed by atoms with Crippen LogP contribution in [-0.2, 0) is 9.59 Å². The molecule has 0 bridgehead atoms. The van der Waals surface area contributed by atoms with Gasteiger partial charge in [-0.25, -0.2) is 4.98 Å². The molecule has 1 saturated heterocycles. The number of amides is 3. The fourth-order valence-electron chi connectivity index (χ4n) is 3.52. The lowest BCUT2D eigenvalue weighted by Gasteiger charge is -2.27. The number of aromatic nitrogens is 1. The fourth-order valence-corrected chi connectivity index (χ4v) is 3.52. The minimum atomic E-state index is -1.03. The van der Waals surface area contributed by atoms with Crippen molar-refractivity contribution in [1.29, 1.82) is 0 Å². The SMILES string of the molecule is O=NC(=O)CNC(=O)c1ncc(C2=CC/C=C\CC(C(=O)N3CCCCC3)=C2)cc1O. The molecule has 9 nitrogen and oxygen atoms in total. The summed E-state index contributed by atoms with van der Waals surface area (Å²) >= 11 is 0. The predicted octanol–water partition coefficient (Wildman–Crippen LogP) is 2.48. The van der Waals surface area contributed by atoms with E-state index in [2.05, 4.69) is 15.5 Å². The van der Waals surface area contributed by atoms with Gasteiger partial charge in [0.15, 0.2) is 5.69 Å². The molecule has 9 heteroatoms. The third kappa shape index (κ3) is 5.71. The topological polar surface area (TPSA) is 129 Å². The van der Waals surface area contributed by atoms with Crippen molar-refractivity contribution < 1.29 is 19.5 Å². The van der Waals surface area contributed by atoms with Crippen LogP contribution in [0, 0.1) is 4.91 Å². The van der Waals surface area contributed by atoms with E-state index in [0.29, 0.717) is 24.0 Å². The summed E-state index contributed by atoms with van der Waals surface area (Å²) in [6.45, 7) is 0.938. The first-order chi connectivity index (χ1) is 15.0. The van der Waals surface area contributed by atoms with Crippen molar-refractivity contribution in [2.45, 2.75) is 32.1 Å². The van der Waals surface area contributed by atoms with E-state index in [-0.39, 0.29) is 17.4 Å². The van der Waals surface area contributed by atoms with E-state index in [1.807, 2.05) is 29.2 Å². The molecule has 31 heavy (non-hydrogen) atoms. The van der Waals surface area contributed by atoms with Crippen molar-refractivity contribution in [2.75, 3.05) is 19.6 Å². The quantitative estimate of drug-likeness (QED) is 0.552. The highest BCUT2D eigenvalue weighted by molar-refractivity contribution is 5.99. The van der Waals surface area contributed by atoms with Crippen LogP contribution in [0.3, 0.4) is 0 Å². The summed E-state index contributed by atoms with van der Waals surface area (Å²) in [6.07, 6.45) is 13.4. The van der Waals surface area contributed by atoms with E-state index in [1.165, 1.54) is 12.3 Å². The molecule has 1 aliphatic carbocycles. The summed E-state index contributed by atoms with van der Waals surface area (Å²) in [6, 6.07) is 1.39. The van der Waals surface area contributed by atoms with Gasteiger partial charge in [-0.3, -0.25) is 14.4 Å². The van der Waals surface area contributed by atoms with Gasteiger partial charge in [-0.15, -0.1) is 4.91 Å². The molecule has 0 unspecified atom stereocenters. The second kappa shape index (κ2) is 10.4. The first kappa shape index (κ1) is 22.1. The Balaban J connectivity index is 1.82. The normalized spacial score (nSPS) is 17.5. The summed E-state index contributed by atoms with van der Waals surface area (Å²) < 4.78 is 0. The lowest BCUT2D eigenvalue weighted by molar-refractivity contribution is -0.128. The number of aromatic hydroxyl groups is 1. The zero-order chi connectivity index (χ0) is 22.2. The van der Waals surface area contributed by atoms with Crippen molar-refractivity contribution in [1.82, 2.24) is 15.2 Å². The Bertz CT molecular complexity index is 974. The predicted molar refractivity (Wildman–Crippen MR) is 114 cm³/mol. The van der Waals surface area contributed by atoms with Crippen LogP contribution in [0.25, 0.3) is 5.57 Å². The van der Waals surface area contributed by atoms with Gasteiger partial charge in [-0.2, -0.15) is 0 Å². The number of carbonyl (C=O) groups is 3. The van der Waals surface area contributed by atoms with E-state index in [4.69, 9.17) is 0 Å². The Kier molecular flexibility index (Phi) is 7.42. The number of rotatable bonds is 5. The largest absolute Gasteiger partial charge is 0.505 e. The summed E-state index contributed by atoms with van der Waals surface area (Å²) in [5.74, 6) is -2.20. The highest BCUT2D eigenvalue weighted by atomic mass is 16.3. The Morgan fingerprint density at radius 3 is 2.65 bits per heavy atom. The molecule has 162 valence electrons. The molecule has 2 heterocycles. The van der Waals surface area contributed by atoms with Gasteiger partial charge in [-0.1, -0.05) is 18.2 Å². The molecule has 0 aromatic carbocycles. The van der Waals surface area contributed by atoms with E-state index < -0.39 is 18.4 Å². The average molecular weight is 424 g/mol. The molecule has 0 spiro atoms. The summed E-state index contributed by atoms with van der Waals surface area (Å²) in [5.41, 5.74) is 1.66. The standard InChI is InChI=1S/C22H24N4O5/c27-18-12-17(13-23-20(18)21(29)24-14-19(28)25-31)15-7-3-1-4-8-16(11-15)22(30)26-9-5-2-6-10-26/h1,4,7,11-13,27H,2-3,5-6,8-10,14H2,(H,24,29)/b4-1-,15-7?,16-11?. The number of allylic oxidation sites excluding steroid dienone is 5. The fraction of sp³-hybridized carbons (Fsp3) is 0.364. The van der Waals surface area contributed by atoms with Crippen LogP contribution in [0.1, 0.15) is 48.2 Å². The van der Waals surface area contributed by atoms with Gasteiger partial charge in [0.25, 0.3) is 5.91 Å². The number of likely N-dealkylation sites (tertiary alicyclic amines) is 1. The molecule has 1 aliphatic heterocycles. The molecule has 1 fully saturated rings. The van der Waals surface area contributed by atoms with Crippen LogP contribution in [-0.4, -0.2) is 52.3 Å². The van der Waals surface area contributed by atoms with E-state index in [0.717, 1.165) is 37.9 Å². The van der Waals surface area contributed by atoms with Gasteiger partial charge in [0.05, 0.1) is 0 Å². The third-order valence-corrected chi connectivity index (χ3v) is 5.14. The van der Waals surface area contributed by atoms with Gasteiger partial charge >= 0.3 is 5.91 Å². The molecule has 3 amide bonds. The minimum Gasteiger partial charge on any atom is -0.505 e. The smallest absolute Gasteiger partial charge is 0.305 e. The zero-order valence-corrected chi connectivity index (χ0v) is 17.0. The molecule has 1 aromatic rings. The zero-order valence-electron chi connectivity index (χ0n) is 17.0. The van der Waals surface area contributed by atoms with Crippen LogP contribution in [0.5, 0.6) is 5.75 Å². The van der Waals surface area contributed by atoms with Crippen LogP contribution < -0.4 is 5.32 Å². The van der Waals surface area contributed by atoms with Crippen LogP contribution in [0.2, 0.25) is 0 Å². The number of nitrogens with one attached hydrogen (secondary N) is 1. The van der Waals surface area contributed by atoms with Crippen molar-refractivity contribution in [3.05, 3.63) is 58.3 Å². The lowest BCUT2D eigenvalue weighted by Crippen LogP contribution is -2.36. The Hall–Kier alpha value is -3.62. The Morgan fingerprint density at radius 2 is 1.94 bits per heavy atom. The number of nitrogens with zero attached hydrogens (tertiary/aromatic N) is 3. The highest BCUT2D eigenvalue weighted by Gasteiger charge is 2.21. The van der Waals surface area contributed by atoms with E-state index >= 15 is 0 Å². The van der Waals surface area contributed by atoms with Crippen LogP contribution in [0.4, 0.5) is 0 Å². The van der Waals surface area contributed by atoms with Crippen molar-refractivity contribution in [2.24, 2.45) is 5.18 Å². The third-order valence-electron chi connectivity index (χ3n) is 5.14. The number of nitroso groups, excluding NO2 is 1. The minimum absolute atomic E-state index is 0.0128. The van der Waals surface area contributed by atoms with Gasteiger partial charge in [-0.05, 0) is 49.8 Å². The van der Waals surface area contributed by atoms with Gasteiger partial charge in [0.1, 0.15) is 12.3 Å². The average Bonchev–Trinajstić information content (AvgIpc) is 2.77. The van der Waals surface area contributed by atoms with Gasteiger partial charge in [0, 0.05) is 35.6 Å². The van der Waals surface area contributed by atoms with Gasteiger partial charge in [0.2, 0.25) is 5.91 Å².